The van der Waals surface area contributed by atoms with E-state index >= 15 is 0 Å². The van der Waals surface area contributed by atoms with Crippen LogP contribution in [-0.2, 0) is 17.9 Å². The number of hydrogen-bond acceptors (Lipinski definition) is 4. The summed E-state index contributed by atoms with van der Waals surface area (Å²) in [6.45, 7) is 6.59. The Hall–Kier alpha value is -1.43. The Balaban J connectivity index is 2.41. The molecule has 0 spiro atoms. The number of rotatable bonds is 8. The van der Waals surface area contributed by atoms with Crippen LogP contribution in [0, 0.1) is 5.92 Å². The zero-order valence-corrected chi connectivity index (χ0v) is 11.3. The van der Waals surface area contributed by atoms with Gasteiger partial charge in [-0.15, -0.1) is 0 Å². The molecule has 1 rings (SSSR count). The van der Waals surface area contributed by atoms with Crippen molar-refractivity contribution < 1.29 is 9.90 Å². The van der Waals surface area contributed by atoms with Crippen LogP contribution in [0.4, 0.5) is 0 Å². The van der Waals surface area contributed by atoms with Crippen LogP contribution in [-0.4, -0.2) is 44.3 Å². The van der Waals surface area contributed by atoms with Crippen LogP contribution >= 0.6 is 0 Å². The normalized spacial score (nSPS) is 11.4. The van der Waals surface area contributed by atoms with E-state index in [-0.39, 0.29) is 6.42 Å². The third kappa shape index (κ3) is 5.27. The van der Waals surface area contributed by atoms with Gasteiger partial charge >= 0.3 is 5.97 Å². The summed E-state index contributed by atoms with van der Waals surface area (Å²) in [6.07, 6.45) is 2.44. The van der Waals surface area contributed by atoms with Crippen molar-refractivity contribution in [3.8, 4) is 0 Å². The lowest BCUT2D eigenvalue weighted by atomic mass is 10.2. The molecule has 0 aromatic carbocycles. The monoisotopic (exact) mass is 254 g/mol. The summed E-state index contributed by atoms with van der Waals surface area (Å²) < 4.78 is 1.92. The third-order valence-corrected chi connectivity index (χ3v) is 2.58. The molecule has 6 nitrogen and oxygen atoms in total. The second kappa shape index (κ2) is 7.10. The molecule has 0 fully saturated rings. The van der Waals surface area contributed by atoms with Crippen LogP contribution in [0.1, 0.15) is 32.5 Å². The lowest BCUT2D eigenvalue weighted by Gasteiger charge is -2.16. The van der Waals surface area contributed by atoms with Gasteiger partial charge in [0.1, 0.15) is 12.2 Å². The van der Waals surface area contributed by atoms with Crippen LogP contribution in [0.15, 0.2) is 6.33 Å². The molecule has 0 aliphatic heterocycles. The van der Waals surface area contributed by atoms with Gasteiger partial charge in [-0.3, -0.25) is 9.69 Å². The summed E-state index contributed by atoms with van der Waals surface area (Å²) in [6, 6.07) is 0. The maximum atomic E-state index is 10.4. The van der Waals surface area contributed by atoms with Crippen molar-refractivity contribution in [2.24, 2.45) is 5.92 Å². The first kappa shape index (κ1) is 14.6. The first-order chi connectivity index (χ1) is 8.49. The fourth-order valence-electron chi connectivity index (χ4n) is 1.73. The second-order valence-electron chi connectivity index (χ2n) is 4.99. The Bertz CT molecular complexity index is 376. The van der Waals surface area contributed by atoms with Gasteiger partial charge in [0.25, 0.3) is 0 Å². The quantitative estimate of drug-likeness (QED) is 0.755. The maximum absolute atomic E-state index is 10.4. The number of aliphatic carboxylic acids is 1. The molecule has 0 bridgehead atoms. The summed E-state index contributed by atoms with van der Waals surface area (Å²) in [5.41, 5.74) is 0. The molecule has 0 saturated carbocycles. The molecular formula is C12H22N4O2. The van der Waals surface area contributed by atoms with E-state index in [1.165, 1.54) is 0 Å². The summed E-state index contributed by atoms with van der Waals surface area (Å²) in [7, 11) is 1.97. The van der Waals surface area contributed by atoms with E-state index in [1.54, 1.807) is 6.33 Å². The molecule has 0 unspecified atom stereocenters. The van der Waals surface area contributed by atoms with Gasteiger partial charge in [-0.25, -0.2) is 9.67 Å². The highest BCUT2D eigenvalue weighted by Gasteiger charge is 2.09. The largest absolute Gasteiger partial charge is 0.481 e. The zero-order chi connectivity index (χ0) is 13.5. The minimum Gasteiger partial charge on any atom is -0.481 e. The second-order valence-corrected chi connectivity index (χ2v) is 4.99. The van der Waals surface area contributed by atoms with Gasteiger partial charge in [-0.05, 0) is 25.9 Å². The van der Waals surface area contributed by atoms with Crippen molar-refractivity contribution >= 4 is 5.97 Å². The number of carbonyl (C=O) groups is 1. The van der Waals surface area contributed by atoms with E-state index in [0.717, 1.165) is 18.9 Å². The van der Waals surface area contributed by atoms with E-state index in [0.29, 0.717) is 18.9 Å². The highest BCUT2D eigenvalue weighted by atomic mass is 16.4. The predicted molar refractivity (Wildman–Crippen MR) is 68.1 cm³/mol. The minimum absolute atomic E-state index is 0.211. The van der Waals surface area contributed by atoms with Gasteiger partial charge in [-0.2, -0.15) is 5.10 Å². The Labute approximate surface area is 108 Å². The van der Waals surface area contributed by atoms with Crippen molar-refractivity contribution in [3.63, 3.8) is 0 Å². The zero-order valence-electron chi connectivity index (χ0n) is 11.3. The summed E-state index contributed by atoms with van der Waals surface area (Å²) in [5, 5.41) is 12.8. The molecule has 18 heavy (non-hydrogen) atoms. The van der Waals surface area contributed by atoms with Gasteiger partial charge in [-0.1, -0.05) is 13.8 Å². The average molecular weight is 254 g/mol. The Morgan fingerprint density at radius 1 is 1.56 bits per heavy atom. The Kier molecular flexibility index (Phi) is 5.77. The van der Waals surface area contributed by atoms with E-state index in [2.05, 4.69) is 28.8 Å². The molecule has 1 N–H and O–H groups in total. The average Bonchev–Trinajstić information content (AvgIpc) is 2.64. The van der Waals surface area contributed by atoms with Gasteiger partial charge in [0.2, 0.25) is 0 Å². The number of carboxylic acids is 1. The van der Waals surface area contributed by atoms with Gasteiger partial charge in [0.05, 0.1) is 6.54 Å². The number of hydrogen-bond donors (Lipinski definition) is 1. The number of nitrogens with zero attached hydrogens (tertiary/aromatic N) is 4. The highest BCUT2D eigenvalue weighted by Crippen LogP contribution is 2.04. The lowest BCUT2D eigenvalue weighted by Crippen LogP contribution is -2.23. The van der Waals surface area contributed by atoms with Crippen LogP contribution in [0.25, 0.3) is 0 Å². The molecule has 0 aliphatic carbocycles. The smallest absolute Gasteiger partial charge is 0.303 e. The Morgan fingerprint density at radius 3 is 2.89 bits per heavy atom. The standard InChI is InChI=1S/C12H22N4O2/c1-10(2)7-16-11(13-9-14-16)8-15(3)6-4-5-12(17)18/h9-10H,4-8H2,1-3H3,(H,17,18). The third-order valence-electron chi connectivity index (χ3n) is 2.58. The summed E-state index contributed by atoms with van der Waals surface area (Å²) in [5.74, 6) is 0.718. The molecule has 1 heterocycles. The van der Waals surface area contributed by atoms with Crippen molar-refractivity contribution in [1.29, 1.82) is 0 Å². The molecule has 1 aromatic rings. The highest BCUT2D eigenvalue weighted by molar-refractivity contribution is 5.66. The topological polar surface area (TPSA) is 71.2 Å². The Morgan fingerprint density at radius 2 is 2.28 bits per heavy atom. The fraction of sp³-hybridized carbons (Fsp3) is 0.750. The van der Waals surface area contributed by atoms with Gasteiger partial charge in [0, 0.05) is 13.0 Å². The molecule has 0 saturated heterocycles. The minimum atomic E-state index is -0.744. The molecule has 0 radical (unpaired) electrons. The first-order valence-corrected chi connectivity index (χ1v) is 6.26. The van der Waals surface area contributed by atoms with Crippen molar-refractivity contribution in [1.82, 2.24) is 19.7 Å². The summed E-state index contributed by atoms with van der Waals surface area (Å²) in [4.78, 5) is 16.7. The van der Waals surface area contributed by atoms with E-state index in [1.807, 2.05) is 11.7 Å². The van der Waals surface area contributed by atoms with E-state index in [4.69, 9.17) is 5.11 Å². The van der Waals surface area contributed by atoms with Crippen LogP contribution in [0.3, 0.4) is 0 Å². The maximum Gasteiger partial charge on any atom is 0.303 e. The molecule has 0 atom stereocenters. The van der Waals surface area contributed by atoms with Crippen LogP contribution < -0.4 is 0 Å². The van der Waals surface area contributed by atoms with Gasteiger partial charge in [0.15, 0.2) is 0 Å². The number of aromatic nitrogens is 3. The molecule has 1 aromatic heterocycles. The van der Waals surface area contributed by atoms with E-state index in [9.17, 15) is 4.79 Å². The van der Waals surface area contributed by atoms with Gasteiger partial charge < -0.3 is 5.11 Å². The molecule has 0 amide bonds. The molecular weight excluding hydrogens is 232 g/mol. The fourth-order valence-corrected chi connectivity index (χ4v) is 1.73. The predicted octanol–water partition coefficient (Wildman–Crippen LogP) is 1.23. The molecule has 6 heteroatoms. The van der Waals surface area contributed by atoms with Crippen LogP contribution in [0.2, 0.25) is 0 Å². The summed E-state index contributed by atoms with van der Waals surface area (Å²) >= 11 is 0. The van der Waals surface area contributed by atoms with Crippen molar-refractivity contribution in [2.75, 3.05) is 13.6 Å². The van der Waals surface area contributed by atoms with E-state index < -0.39 is 5.97 Å². The SMILES string of the molecule is CC(C)Cn1ncnc1CN(C)CCCC(=O)O. The lowest BCUT2D eigenvalue weighted by molar-refractivity contribution is -0.137. The van der Waals surface area contributed by atoms with Crippen molar-refractivity contribution in [3.05, 3.63) is 12.2 Å². The van der Waals surface area contributed by atoms with Crippen molar-refractivity contribution in [2.45, 2.75) is 39.8 Å². The first-order valence-electron chi connectivity index (χ1n) is 6.26. The molecule has 0 aliphatic rings. The van der Waals surface area contributed by atoms with Crippen LogP contribution in [0.5, 0.6) is 0 Å². The molecule has 102 valence electrons. The number of carboxylic acid groups (broad SMARTS) is 1.